The van der Waals surface area contributed by atoms with Gasteiger partial charge in [0.15, 0.2) is 6.10 Å². The summed E-state index contributed by atoms with van der Waals surface area (Å²) in [5.74, 6) is -2.79. The Morgan fingerprint density at radius 2 is 1.45 bits per heavy atom. The van der Waals surface area contributed by atoms with Crippen LogP contribution in [-0.2, 0) is 20.8 Å². The summed E-state index contributed by atoms with van der Waals surface area (Å²) in [4.78, 5) is 50.0. The third-order valence-corrected chi connectivity index (χ3v) is 7.46. The number of amides is 3. The maximum absolute atomic E-state index is 13.1. The molecule has 3 amide bonds. The fourth-order valence-corrected chi connectivity index (χ4v) is 5.07. The van der Waals surface area contributed by atoms with E-state index in [-0.39, 0.29) is 36.3 Å². The van der Waals surface area contributed by atoms with Gasteiger partial charge >= 0.3 is 5.97 Å². The second-order valence-corrected chi connectivity index (χ2v) is 11.8. The van der Waals surface area contributed by atoms with Gasteiger partial charge in [0.25, 0.3) is 5.91 Å². The van der Waals surface area contributed by atoms with Crippen molar-refractivity contribution in [2.75, 3.05) is 6.54 Å². The normalized spacial score (nSPS) is 14.1. The second-order valence-electron chi connectivity index (χ2n) is 11.8. The monoisotopic (exact) mass is 605 g/mol. The summed E-state index contributed by atoms with van der Waals surface area (Å²) in [7, 11) is 0. The third-order valence-electron chi connectivity index (χ3n) is 7.46. The molecule has 3 aromatic rings. The maximum Gasteiger partial charge on any atom is 0.335 e. The smallest absolute Gasteiger partial charge is 0.335 e. The molecule has 0 bridgehead atoms. The van der Waals surface area contributed by atoms with Gasteiger partial charge in [-0.25, -0.2) is 4.79 Å². The lowest BCUT2D eigenvalue weighted by molar-refractivity contribution is -0.133. The molecular formula is C34H43N3O7. The number of carboxylic acid groups (broad SMARTS) is 1. The Morgan fingerprint density at radius 3 is 2.09 bits per heavy atom. The summed E-state index contributed by atoms with van der Waals surface area (Å²) in [6.07, 6.45) is -2.24. The van der Waals surface area contributed by atoms with Crippen molar-refractivity contribution in [2.45, 2.75) is 71.2 Å². The van der Waals surface area contributed by atoms with Crippen molar-refractivity contribution in [2.24, 2.45) is 11.8 Å². The SMILES string of the molecule is CC(C)C[C@H](NC(=O)C(O)c1cccc2ccccc12)[C@H](O)CC(=O)N[C@H](C(=O)NCCc1ccc(C(=O)O)cc1)C(C)C. The van der Waals surface area contributed by atoms with Crippen LogP contribution in [0.25, 0.3) is 10.8 Å². The summed E-state index contributed by atoms with van der Waals surface area (Å²) in [6.45, 7) is 7.72. The van der Waals surface area contributed by atoms with Crippen LogP contribution < -0.4 is 16.0 Å². The molecule has 236 valence electrons. The molecule has 10 heteroatoms. The van der Waals surface area contributed by atoms with Gasteiger partial charge in [-0.3, -0.25) is 14.4 Å². The fraction of sp³-hybridized carbons (Fsp3) is 0.412. The first kappa shape index (κ1) is 34.2. The molecule has 0 aliphatic carbocycles. The number of nitrogens with one attached hydrogen (secondary N) is 3. The van der Waals surface area contributed by atoms with Crippen molar-refractivity contribution in [3.05, 3.63) is 83.4 Å². The molecule has 3 aromatic carbocycles. The van der Waals surface area contributed by atoms with Gasteiger partial charge in [0.2, 0.25) is 11.8 Å². The third kappa shape index (κ3) is 9.62. The first-order chi connectivity index (χ1) is 20.9. The molecule has 0 saturated heterocycles. The molecule has 0 aromatic heterocycles. The van der Waals surface area contributed by atoms with Crippen LogP contribution in [0.1, 0.15) is 68.1 Å². The van der Waals surface area contributed by atoms with Crippen LogP contribution in [-0.4, -0.2) is 63.7 Å². The average Bonchev–Trinajstić information content (AvgIpc) is 2.98. The number of hydrogen-bond donors (Lipinski definition) is 6. The highest BCUT2D eigenvalue weighted by Gasteiger charge is 2.30. The van der Waals surface area contributed by atoms with Crippen molar-refractivity contribution in [3.63, 3.8) is 0 Å². The molecule has 0 heterocycles. The number of carbonyl (C=O) groups is 4. The molecular weight excluding hydrogens is 562 g/mol. The first-order valence-electron chi connectivity index (χ1n) is 14.9. The Balaban J connectivity index is 1.59. The predicted octanol–water partition coefficient (Wildman–Crippen LogP) is 3.35. The molecule has 1 unspecified atom stereocenters. The summed E-state index contributed by atoms with van der Waals surface area (Å²) in [5.41, 5.74) is 1.48. The second kappa shape index (κ2) is 16.0. The molecule has 3 rings (SSSR count). The number of benzene rings is 3. The summed E-state index contributed by atoms with van der Waals surface area (Å²) in [6, 6.07) is 17.5. The van der Waals surface area contributed by atoms with Gasteiger partial charge in [0.05, 0.1) is 24.1 Å². The minimum absolute atomic E-state index is 0.0715. The molecule has 6 N–H and O–H groups in total. The van der Waals surface area contributed by atoms with E-state index in [9.17, 15) is 29.4 Å². The van der Waals surface area contributed by atoms with Crippen molar-refractivity contribution in [1.29, 1.82) is 0 Å². The van der Waals surface area contributed by atoms with E-state index in [1.807, 2.05) is 44.2 Å². The van der Waals surface area contributed by atoms with Crippen LogP contribution in [0.15, 0.2) is 66.7 Å². The van der Waals surface area contributed by atoms with Crippen molar-refractivity contribution in [1.82, 2.24) is 16.0 Å². The van der Waals surface area contributed by atoms with Crippen molar-refractivity contribution >= 4 is 34.5 Å². The van der Waals surface area contributed by atoms with Crippen LogP contribution in [0.4, 0.5) is 0 Å². The molecule has 0 spiro atoms. The van der Waals surface area contributed by atoms with Gasteiger partial charge in [-0.05, 0) is 58.7 Å². The number of rotatable bonds is 15. The standard InChI is InChI=1S/C34H43N3O7/c1-20(2)18-27(36-33(42)31(40)26-11-7-9-23-8-5-6-10-25(23)26)28(38)19-29(39)37-30(21(3)4)32(41)35-17-16-22-12-14-24(15-13-22)34(43)44/h5-15,20-21,27-28,30-31,38,40H,16-19H2,1-4H3,(H,35,41)(H,36,42)(H,37,39)(H,43,44)/t27-,28+,30-,31?/m0/s1. The van der Waals surface area contributed by atoms with Gasteiger partial charge in [-0.1, -0.05) is 82.3 Å². The quantitative estimate of drug-likeness (QED) is 0.155. The molecule has 0 aliphatic rings. The maximum atomic E-state index is 13.1. The zero-order valence-electron chi connectivity index (χ0n) is 25.6. The fourth-order valence-electron chi connectivity index (χ4n) is 5.07. The van der Waals surface area contributed by atoms with E-state index in [1.165, 1.54) is 12.1 Å². The summed E-state index contributed by atoms with van der Waals surface area (Å²) >= 11 is 0. The average molecular weight is 606 g/mol. The zero-order chi connectivity index (χ0) is 32.4. The lowest BCUT2D eigenvalue weighted by Gasteiger charge is -2.28. The van der Waals surface area contributed by atoms with E-state index >= 15 is 0 Å². The highest BCUT2D eigenvalue weighted by atomic mass is 16.4. The number of carbonyl (C=O) groups excluding carboxylic acids is 3. The Kier molecular flexibility index (Phi) is 12.4. The topological polar surface area (TPSA) is 165 Å². The minimum atomic E-state index is -1.47. The van der Waals surface area contributed by atoms with Crippen molar-refractivity contribution in [3.8, 4) is 0 Å². The number of hydrogen-bond acceptors (Lipinski definition) is 6. The minimum Gasteiger partial charge on any atom is -0.478 e. The molecule has 44 heavy (non-hydrogen) atoms. The van der Waals surface area contributed by atoms with Gasteiger partial charge in [-0.15, -0.1) is 0 Å². The van der Waals surface area contributed by atoms with Crippen LogP contribution in [0.5, 0.6) is 0 Å². The highest BCUT2D eigenvalue weighted by molar-refractivity contribution is 5.92. The van der Waals surface area contributed by atoms with Crippen LogP contribution in [0.3, 0.4) is 0 Å². The highest BCUT2D eigenvalue weighted by Crippen LogP contribution is 2.25. The number of aliphatic hydroxyl groups is 2. The number of carboxylic acids is 1. The Hall–Kier alpha value is -4.28. The van der Waals surface area contributed by atoms with E-state index < -0.39 is 42.1 Å². The molecule has 0 radical (unpaired) electrons. The van der Waals surface area contributed by atoms with Crippen LogP contribution in [0.2, 0.25) is 0 Å². The Morgan fingerprint density at radius 1 is 0.795 bits per heavy atom. The molecule has 0 saturated carbocycles. The van der Waals surface area contributed by atoms with E-state index in [2.05, 4.69) is 16.0 Å². The number of aliphatic hydroxyl groups excluding tert-OH is 2. The predicted molar refractivity (Wildman–Crippen MR) is 168 cm³/mol. The molecule has 4 atom stereocenters. The van der Waals surface area contributed by atoms with Crippen LogP contribution in [0, 0.1) is 11.8 Å². The van der Waals surface area contributed by atoms with Gasteiger partial charge in [-0.2, -0.15) is 0 Å². The molecule has 0 aliphatic heterocycles. The number of fused-ring (bicyclic) bond motifs is 1. The van der Waals surface area contributed by atoms with Gasteiger partial charge < -0.3 is 31.3 Å². The van der Waals surface area contributed by atoms with E-state index in [1.54, 1.807) is 38.1 Å². The lowest BCUT2D eigenvalue weighted by Crippen LogP contribution is -2.52. The number of aromatic carboxylic acids is 1. The van der Waals surface area contributed by atoms with E-state index in [0.717, 1.165) is 16.3 Å². The molecule has 0 fully saturated rings. The van der Waals surface area contributed by atoms with Gasteiger partial charge in [0.1, 0.15) is 6.04 Å². The van der Waals surface area contributed by atoms with Crippen LogP contribution >= 0.6 is 0 Å². The largest absolute Gasteiger partial charge is 0.478 e. The van der Waals surface area contributed by atoms with E-state index in [0.29, 0.717) is 18.4 Å². The molecule has 10 nitrogen and oxygen atoms in total. The summed E-state index contributed by atoms with van der Waals surface area (Å²) < 4.78 is 0. The first-order valence-corrected chi connectivity index (χ1v) is 14.9. The Labute approximate surface area is 257 Å². The zero-order valence-corrected chi connectivity index (χ0v) is 25.6. The Bertz CT molecular complexity index is 1430. The summed E-state index contributed by atoms with van der Waals surface area (Å²) in [5, 5.41) is 40.8. The van der Waals surface area contributed by atoms with Gasteiger partial charge in [0, 0.05) is 6.54 Å². The van der Waals surface area contributed by atoms with Crippen molar-refractivity contribution < 1.29 is 34.5 Å². The lowest BCUT2D eigenvalue weighted by atomic mass is 9.95. The van der Waals surface area contributed by atoms with E-state index in [4.69, 9.17) is 5.11 Å².